The van der Waals surface area contributed by atoms with Gasteiger partial charge in [0.25, 0.3) is 0 Å². The number of nitrogens with one attached hydrogen (secondary N) is 1. The molecule has 2 heterocycles. The molecule has 6 nitrogen and oxygen atoms in total. The normalized spacial score (nSPS) is 16.7. The van der Waals surface area contributed by atoms with Crippen molar-refractivity contribution >= 4 is 6.03 Å². The number of hydrogen-bond donors (Lipinski definition) is 1. The number of benzene rings is 1. The number of rotatable bonds is 4. The van der Waals surface area contributed by atoms with Crippen LogP contribution in [0.2, 0.25) is 0 Å². The number of nitrogens with zero attached hydrogens (tertiary/aromatic N) is 4. The Kier molecular flexibility index (Phi) is 5.25. The smallest absolute Gasteiger partial charge is 0.317 e. The number of hydrogen-bond acceptors (Lipinski definition) is 3. The van der Waals surface area contributed by atoms with Crippen molar-refractivity contribution in [2.75, 3.05) is 13.1 Å². The Morgan fingerprint density at radius 3 is 2.76 bits per heavy atom. The lowest BCUT2D eigenvalue weighted by Gasteiger charge is -2.32. The minimum absolute atomic E-state index is 0.226. The number of aromatic nitrogens is 3. The van der Waals surface area contributed by atoms with Crippen molar-refractivity contribution in [3.8, 4) is 0 Å². The second-order valence-corrected chi connectivity index (χ2v) is 6.38. The molecule has 1 aromatic heterocycles. The third-order valence-corrected chi connectivity index (χ3v) is 4.58. The summed E-state index contributed by atoms with van der Waals surface area (Å²) in [6.45, 7) is 3.77. The van der Waals surface area contributed by atoms with Crippen molar-refractivity contribution in [2.45, 2.75) is 32.4 Å². The van der Waals surface area contributed by atoms with Crippen LogP contribution in [0, 0.1) is 17.6 Å². The van der Waals surface area contributed by atoms with Gasteiger partial charge in [-0.2, -0.15) is 5.10 Å². The van der Waals surface area contributed by atoms with Crippen molar-refractivity contribution < 1.29 is 13.6 Å². The van der Waals surface area contributed by atoms with Gasteiger partial charge in [-0.1, -0.05) is 6.07 Å². The summed E-state index contributed by atoms with van der Waals surface area (Å²) in [5, 5.41) is 6.89. The average Bonchev–Trinajstić information content (AvgIpc) is 3.08. The van der Waals surface area contributed by atoms with E-state index in [9.17, 15) is 13.6 Å². The van der Waals surface area contributed by atoms with E-state index in [-0.39, 0.29) is 11.6 Å². The molecule has 0 bridgehead atoms. The molecule has 25 heavy (non-hydrogen) atoms. The van der Waals surface area contributed by atoms with E-state index in [4.69, 9.17) is 0 Å². The van der Waals surface area contributed by atoms with Crippen LogP contribution in [-0.2, 0) is 6.54 Å². The summed E-state index contributed by atoms with van der Waals surface area (Å²) in [6.07, 6.45) is 4.97. The van der Waals surface area contributed by atoms with Gasteiger partial charge in [-0.15, -0.1) is 0 Å². The monoisotopic (exact) mass is 349 g/mol. The Morgan fingerprint density at radius 2 is 2.12 bits per heavy atom. The molecule has 1 fully saturated rings. The van der Waals surface area contributed by atoms with Crippen LogP contribution in [0.1, 0.15) is 31.4 Å². The first-order valence-electron chi connectivity index (χ1n) is 8.35. The fourth-order valence-electron chi connectivity index (χ4n) is 3.12. The van der Waals surface area contributed by atoms with Crippen LogP contribution in [0.3, 0.4) is 0 Å². The van der Waals surface area contributed by atoms with E-state index in [1.807, 2.05) is 0 Å². The van der Waals surface area contributed by atoms with Crippen LogP contribution in [-0.4, -0.2) is 38.8 Å². The molecule has 1 unspecified atom stereocenters. The third-order valence-electron chi connectivity index (χ3n) is 4.58. The van der Waals surface area contributed by atoms with Gasteiger partial charge in [0, 0.05) is 31.3 Å². The zero-order valence-electron chi connectivity index (χ0n) is 14.0. The minimum atomic E-state index is -0.653. The molecule has 0 saturated carbocycles. The highest BCUT2D eigenvalue weighted by atomic mass is 19.1. The van der Waals surface area contributed by atoms with E-state index in [1.54, 1.807) is 22.8 Å². The van der Waals surface area contributed by atoms with Crippen molar-refractivity contribution in [3.63, 3.8) is 0 Å². The summed E-state index contributed by atoms with van der Waals surface area (Å²) in [4.78, 5) is 18.0. The number of likely N-dealkylation sites (tertiary alicyclic amines) is 1. The molecule has 8 heteroatoms. The van der Waals surface area contributed by atoms with Crippen LogP contribution in [0.5, 0.6) is 0 Å². The fourth-order valence-corrected chi connectivity index (χ4v) is 3.12. The molecule has 0 aliphatic carbocycles. The molecule has 1 aliphatic heterocycles. The first-order chi connectivity index (χ1) is 12.0. The Morgan fingerprint density at radius 1 is 1.36 bits per heavy atom. The number of carbonyl (C=O) groups excluding carboxylic acids is 1. The Hall–Kier alpha value is -2.51. The predicted octanol–water partition coefficient (Wildman–Crippen LogP) is 2.74. The van der Waals surface area contributed by atoms with Crippen LogP contribution in [0.15, 0.2) is 30.9 Å². The molecule has 0 spiro atoms. The zero-order chi connectivity index (χ0) is 17.8. The van der Waals surface area contributed by atoms with E-state index in [0.717, 1.165) is 25.5 Å². The standard InChI is InChI=1S/C17H21F2N5O/c1-12(15-3-2-14(18)8-16(15)19)22-17(25)23-6-4-13(5-7-23)9-24-11-20-10-21-24/h2-3,8,10-13H,4-7,9H2,1H3,(H,22,25). The van der Waals surface area contributed by atoms with Gasteiger partial charge in [-0.05, 0) is 31.7 Å². The average molecular weight is 349 g/mol. The van der Waals surface area contributed by atoms with Crippen LogP contribution in [0.25, 0.3) is 0 Å². The molecule has 0 radical (unpaired) electrons. The van der Waals surface area contributed by atoms with Gasteiger partial charge in [-0.25, -0.2) is 18.6 Å². The highest BCUT2D eigenvalue weighted by molar-refractivity contribution is 5.74. The summed E-state index contributed by atoms with van der Waals surface area (Å²) in [5.41, 5.74) is 0.274. The lowest BCUT2D eigenvalue weighted by molar-refractivity contribution is 0.161. The predicted molar refractivity (Wildman–Crippen MR) is 87.6 cm³/mol. The molecule has 1 aromatic carbocycles. The number of piperidine rings is 1. The van der Waals surface area contributed by atoms with E-state index in [2.05, 4.69) is 15.4 Å². The molecular formula is C17H21F2N5O. The molecule has 1 aliphatic rings. The number of carbonyl (C=O) groups is 1. The summed E-state index contributed by atoms with van der Waals surface area (Å²) in [7, 11) is 0. The van der Waals surface area contributed by atoms with Crippen LogP contribution in [0.4, 0.5) is 13.6 Å². The molecule has 1 saturated heterocycles. The van der Waals surface area contributed by atoms with Gasteiger partial charge in [0.2, 0.25) is 0 Å². The quantitative estimate of drug-likeness (QED) is 0.923. The maximum atomic E-state index is 13.8. The first-order valence-corrected chi connectivity index (χ1v) is 8.35. The molecule has 1 N–H and O–H groups in total. The Labute approximate surface area is 144 Å². The van der Waals surface area contributed by atoms with E-state index in [1.165, 1.54) is 18.5 Å². The highest BCUT2D eigenvalue weighted by Crippen LogP contribution is 2.21. The zero-order valence-corrected chi connectivity index (χ0v) is 14.0. The molecule has 2 aromatic rings. The van der Waals surface area contributed by atoms with Gasteiger partial charge in [0.1, 0.15) is 24.3 Å². The maximum absolute atomic E-state index is 13.8. The van der Waals surface area contributed by atoms with E-state index >= 15 is 0 Å². The highest BCUT2D eigenvalue weighted by Gasteiger charge is 2.24. The summed E-state index contributed by atoms with van der Waals surface area (Å²) in [5.74, 6) is -0.828. The first kappa shape index (κ1) is 17.3. The van der Waals surface area contributed by atoms with Crippen molar-refractivity contribution in [1.82, 2.24) is 25.0 Å². The summed E-state index contributed by atoms with van der Waals surface area (Å²) < 4.78 is 28.6. The largest absolute Gasteiger partial charge is 0.331 e. The molecular weight excluding hydrogens is 328 g/mol. The van der Waals surface area contributed by atoms with Gasteiger partial charge in [0.05, 0.1) is 6.04 Å². The lowest BCUT2D eigenvalue weighted by atomic mass is 9.97. The van der Waals surface area contributed by atoms with Crippen LogP contribution < -0.4 is 5.32 Å². The van der Waals surface area contributed by atoms with Gasteiger partial charge in [0.15, 0.2) is 0 Å². The third kappa shape index (κ3) is 4.32. The Bertz CT molecular complexity index is 714. The Balaban J connectivity index is 1.50. The minimum Gasteiger partial charge on any atom is -0.331 e. The fraction of sp³-hybridized carbons (Fsp3) is 0.471. The second-order valence-electron chi connectivity index (χ2n) is 6.38. The maximum Gasteiger partial charge on any atom is 0.317 e. The van der Waals surface area contributed by atoms with Gasteiger partial charge >= 0.3 is 6.03 Å². The van der Waals surface area contributed by atoms with Gasteiger partial charge in [-0.3, -0.25) is 4.68 Å². The topological polar surface area (TPSA) is 63.1 Å². The summed E-state index contributed by atoms with van der Waals surface area (Å²) >= 11 is 0. The molecule has 134 valence electrons. The molecule has 3 rings (SSSR count). The van der Waals surface area contributed by atoms with Crippen molar-refractivity contribution in [2.24, 2.45) is 5.92 Å². The molecule has 2 amide bonds. The van der Waals surface area contributed by atoms with Crippen molar-refractivity contribution in [1.29, 1.82) is 0 Å². The number of halogens is 2. The summed E-state index contributed by atoms with van der Waals surface area (Å²) in [6, 6.07) is 2.63. The van der Waals surface area contributed by atoms with E-state index < -0.39 is 17.7 Å². The SMILES string of the molecule is CC(NC(=O)N1CCC(Cn2cncn2)CC1)c1ccc(F)cc1F. The lowest BCUT2D eigenvalue weighted by Crippen LogP contribution is -2.45. The molecule has 1 atom stereocenters. The van der Waals surface area contributed by atoms with Crippen LogP contribution >= 0.6 is 0 Å². The van der Waals surface area contributed by atoms with E-state index in [0.29, 0.717) is 19.0 Å². The number of urea groups is 1. The number of amides is 2. The second kappa shape index (κ2) is 7.58. The van der Waals surface area contributed by atoms with Gasteiger partial charge < -0.3 is 10.2 Å². The van der Waals surface area contributed by atoms with Crippen molar-refractivity contribution in [3.05, 3.63) is 48.1 Å².